The van der Waals surface area contributed by atoms with Crippen molar-refractivity contribution in [1.82, 2.24) is 0 Å². The fourth-order valence-corrected chi connectivity index (χ4v) is 6.95. The van der Waals surface area contributed by atoms with Crippen LogP contribution in [0.1, 0.15) is 113 Å². The predicted molar refractivity (Wildman–Crippen MR) is 206 cm³/mol. The van der Waals surface area contributed by atoms with E-state index < -0.39 is 6.10 Å². The summed E-state index contributed by atoms with van der Waals surface area (Å²) in [4.78, 5) is 13.9. The van der Waals surface area contributed by atoms with Crippen molar-refractivity contribution in [2.24, 2.45) is 21.7 Å². The number of carbonyl (C=O) groups is 1. The molecule has 0 fully saturated rings. The molecular weight excluding hydrogens is 601 g/mol. The Morgan fingerprint density at radius 3 is 1.59 bits per heavy atom. The minimum Gasteiger partial charge on any atom is -0.456 e. The molecule has 0 radical (unpaired) electrons. The molecule has 49 heavy (non-hydrogen) atoms. The Morgan fingerprint density at radius 2 is 1.14 bits per heavy atom. The van der Waals surface area contributed by atoms with E-state index >= 15 is 0 Å². The Morgan fingerprint density at radius 1 is 0.653 bits per heavy atom. The standard InChI is InChI=1S/C46H56O3/c1-43(2,3)33-25-31(26-34(41(33)47)44(4,5)6)39(29-19-15-13-16-20-29)37-23-24-38(49-37)40(30-21-17-14-18-22-30)32-27-35(45(7,8)9)42(48)36(28-32)46(10,11)12/h13-17,19-21,23-28,42,48H,18,22H2,1-12H3. The second-order valence-corrected chi connectivity index (χ2v) is 17.9. The third kappa shape index (κ3) is 7.63. The lowest BCUT2D eigenvalue weighted by Crippen LogP contribution is -2.32. The molecular formula is C46H56O3. The molecule has 5 rings (SSSR count). The number of allylic oxidation sites excluding steroid dienone is 13. The topological polar surface area (TPSA) is 50.4 Å². The third-order valence-corrected chi connectivity index (χ3v) is 9.72. The van der Waals surface area contributed by atoms with Crippen molar-refractivity contribution in [2.45, 2.75) is 102 Å². The molecule has 3 nitrogen and oxygen atoms in total. The van der Waals surface area contributed by atoms with Gasteiger partial charge in [-0.25, -0.2) is 0 Å². The van der Waals surface area contributed by atoms with E-state index in [4.69, 9.17) is 4.42 Å². The maximum Gasteiger partial charge on any atom is 0.186 e. The number of benzene rings is 1. The zero-order valence-corrected chi connectivity index (χ0v) is 31.8. The number of ketones is 1. The second kappa shape index (κ2) is 13.1. The molecule has 3 aliphatic rings. The Balaban J connectivity index is 1.83. The number of aliphatic hydroxyl groups is 1. The molecule has 3 aliphatic carbocycles. The van der Waals surface area contributed by atoms with E-state index in [0.717, 1.165) is 74.5 Å². The van der Waals surface area contributed by atoms with Gasteiger partial charge in [0.25, 0.3) is 0 Å². The molecule has 0 saturated carbocycles. The van der Waals surface area contributed by atoms with Crippen molar-refractivity contribution in [3.8, 4) is 0 Å². The molecule has 258 valence electrons. The van der Waals surface area contributed by atoms with Gasteiger partial charge < -0.3 is 9.52 Å². The van der Waals surface area contributed by atoms with Crippen LogP contribution in [0.25, 0.3) is 11.1 Å². The monoisotopic (exact) mass is 656 g/mol. The Bertz CT molecular complexity index is 1810. The molecule has 3 heteroatoms. The van der Waals surface area contributed by atoms with Crippen LogP contribution in [0, 0.1) is 21.7 Å². The van der Waals surface area contributed by atoms with Crippen molar-refractivity contribution in [1.29, 1.82) is 0 Å². The molecule has 0 spiro atoms. The average Bonchev–Trinajstić information content (AvgIpc) is 3.46. The normalized spacial score (nSPS) is 19.2. The van der Waals surface area contributed by atoms with E-state index in [1.165, 1.54) is 5.57 Å². The molecule has 0 atom stereocenters. The van der Waals surface area contributed by atoms with Crippen LogP contribution in [-0.2, 0) is 4.79 Å². The average molecular weight is 657 g/mol. The summed E-state index contributed by atoms with van der Waals surface area (Å²) in [6.45, 7) is 25.7. The summed E-state index contributed by atoms with van der Waals surface area (Å²) in [6.07, 6.45) is 16.3. The van der Waals surface area contributed by atoms with Crippen LogP contribution >= 0.6 is 0 Å². The summed E-state index contributed by atoms with van der Waals surface area (Å²) in [5, 5.41) is 11.7. The van der Waals surface area contributed by atoms with Crippen LogP contribution in [0.5, 0.6) is 0 Å². The van der Waals surface area contributed by atoms with Gasteiger partial charge in [0.1, 0.15) is 11.5 Å². The van der Waals surface area contributed by atoms with E-state index in [0.29, 0.717) is 0 Å². The molecule has 0 bridgehead atoms. The van der Waals surface area contributed by atoms with Crippen molar-refractivity contribution in [3.05, 3.63) is 141 Å². The largest absolute Gasteiger partial charge is 0.456 e. The van der Waals surface area contributed by atoms with E-state index in [-0.39, 0.29) is 27.4 Å². The highest BCUT2D eigenvalue weighted by Crippen LogP contribution is 2.46. The lowest BCUT2D eigenvalue weighted by molar-refractivity contribution is -0.114. The third-order valence-electron chi connectivity index (χ3n) is 9.72. The highest BCUT2D eigenvalue weighted by atomic mass is 16.3. The first kappa shape index (κ1) is 36.3. The van der Waals surface area contributed by atoms with Crippen LogP contribution in [0.3, 0.4) is 0 Å². The van der Waals surface area contributed by atoms with E-state index in [1.54, 1.807) is 0 Å². The summed E-state index contributed by atoms with van der Waals surface area (Å²) < 4.78 is 7.01. The SMILES string of the molecule is CC(C)(C)C1=CC(=C(c2ccccc2)c2ccc(C(C3=CC=CCC3)=C3C=C(C(C)(C)C)C(O)C(C(C)(C)C)=C3)o2)C=C(C(C)(C)C)C1=O. The van der Waals surface area contributed by atoms with Gasteiger partial charge in [-0.3, -0.25) is 4.79 Å². The zero-order chi connectivity index (χ0) is 36.1. The summed E-state index contributed by atoms with van der Waals surface area (Å²) >= 11 is 0. The van der Waals surface area contributed by atoms with Gasteiger partial charge in [0.2, 0.25) is 0 Å². The second-order valence-electron chi connectivity index (χ2n) is 17.9. The van der Waals surface area contributed by atoms with Gasteiger partial charge in [-0.15, -0.1) is 0 Å². The van der Waals surface area contributed by atoms with Crippen LogP contribution in [0.2, 0.25) is 0 Å². The Kier molecular flexibility index (Phi) is 9.69. The predicted octanol–water partition coefficient (Wildman–Crippen LogP) is 12.0. The van der Waals surface area contributed by atoms with E-state index in [2.05, 4.69) is 150 Å². The van der Waals surface area contributed by atoms with Crippen molar-refractivity contribution >= 4 is 16.9 Å². The van der Waals surface area contributed by atoms with Crippen LogP contribution in [0.4, 0.5) is 0 Å². The lowest BCUT2D eigenvalue weighted by atomic mass is 9.70. The maximum atomic E-state index is 13.9. The molecule has 1 aromatic heterocycles. The fourth-order valence-electron chi connectivity index (χ4n) is 6.95. The highest BCUT2D eigenvalue weighted by Gasteiger charge is 2.37. The van der Waals surface area contributed by atoms with Crippen molar-refractivity contribution < 1.29 is 14.3 Å². The maximum absolute atomic E-state index is 13.9. The smallest absolute Gasteiger partial charge is 0.186 e. The fraction of sp³-hybridized carbons (Fsp3) is 0.413. The Hall–Kier alpha value is -3.95. The van der Waals surface area contributed by atoms with Gasteiger partial charge in [-0.1, -0.05) is 144 Å². The number of furan rings is 1. The van der Waals surface area contributed by atoms with Crippen molar-refractivity contribution in [3.63, 3.8) is 0 Å². The first-order valence-corrected chi connectivity index (χ1v) is 17.8. The van der Waals surface area contributed by atoms with E-state index in [1.807, 2.05) is 18.2 Å². The minimum atomic E-state index is -0.645. The minimum absolute atomic E-state index is 0.114. The number of carbonyl (C=O) groups excluding carboxylic acids is 1. The quantitative estimate of drug-likeness (QED) is 0.356. The number of aliphatic hydroxyl groups excluding tert-OH is 1. The summed E-state index contributed by atoms with van der Waals surface area (Å²) in [5.74, 6) is 1.65. The number of rotatable bonds is 4. The first-order valence-electron chi connectivity index (χ1n) is 17.8. The first-order chi connectivity index (χ1) is 22.7. The summed E-state index contributed by atoms with van der Waals surface area (Å²) in [7, 11) is 0. The molecule has 0 aliphatic heterocycles. The van der Waals surface area contributed by atoms with Gasteiger partial charge >= 0.3 is 0 Å². The van der Waals surface area contributed by atoms with Gasteiger partial charge in [0.05, 0.1) is 6.10 Å². The molecule has 2 aromatic rings. The Labute approximate surface area is 295 Å². The number of hydrogen-bond acceptors (Lipinski definition) is 3. The number of hydrogen-bond donors (Lipinski definition) is 1. The van der Waals surface area contributed by atoms with Gasteiger partial charge in [0, 0.05) is 22.3 Å². The molecule has 1 aromatic carbocycles. The van der Waals surface area contributed by atoms with Crippen LogP contribution in [-0.4, -0.2) is 17.0 Å². The van der Waals surface area contributed by atoms with Gasteiger partial charge in [0.15, 0.2) is 5.78 Å². The summed E-state index contributed by atoms with van der Waals surface area (Å²) in [5.41, 5.74) is 8.78. The van der Waals surface area contributed by atoms with Crippen LogP contribution in [0.15, 0.2) is 128 Å². The van der Waals surface area contributed by atoms with E-state index in [9.17, 15) is 9.90 Å². The lowest BCUT2D eigenvalue weighted by Gasteiger charge is -2.37. The van der Waals surface area contributed by atoms with Crippen molar-refractivity contribution in [2.75, 3.05) is 0 Å². The number of Topliss-reactive ketones (excluding diaryl/α,β-unsaturated/α-hetero) is 1. The molecule has 0 amide bonds. The highest BCUT2D eigenvalue weighted by molar-refractivity contribution is 6.12. The van der Waals surface area contributed by atoms with Gasteiger partial charge in [-0.05, 0) is 92.2 Å². The van der Waals surface area contributed by atoms with Gasteiger partial charge in [-0.2, -0.15) is 0 Å². The van der Waals surface area contributed by atoms with Crippen LogP contribution < -0.4 is 0 Å². The molecule has 0 unspecified atom stereocenters. The zero-order valence-electron chi connectivity index (χ0n) is 31.8. The summed E-state index contributed by atoms with van der Waals surface area (Å²) in [6, 6.07) is 14.5. The molecule has 1 heterocycles. The molecule has 1 N–H and O–H groups in total. The molecule has 0 saturated heterocycles.